The Hall–Kier alpha value is -3.48. The molecule has 1 amide bonds. The van der Waals surface area contributed by atoms with E-state index in [0.29, 0.717) is 41.3 Å². The maximum atomic E-state index is 12.5. The lowest BCUT2D eigenvalue weighted by Gasteiger charge is -2.05. The molecule has 4 aromatic rings. The fraction of sp³-hybridized carbons (Fsp3) is 0.111. The van der Waals surface area contributed by atoms with Crippen LogP contribution in [0.5, 0.6) is 0 Å². The average Bonchev–Trinajstić information content (AvgIpc) is 3.31. The number of carbonyl (C=O) groups excluding carboxylic acids is 1. The zero-order valence-corrected chi connectivity index (χ0v) is 13.3. The van der Waals surface area contributed by atoms with Crippen LogP contribution >= 0.6 is 0 Å². The van der Waals surface area contributed by atoms with Crippen molar-refractivity contribution in [2.75, 3.05) is 6.54 Å². The number of pyridine rings is 2. The molecule has 0 atom stereocenters. The molecule has 0 unspecified atom stereocenters. The molecule has 0 fully saturated rings. The minimum Gasteiger partial charge on any atom is -0.461 e. The number of aromatic amines is 1. The summed E-state index contributed by atoms with van der Waals surface area (Å²) in [6, 6.07) is 9.10. The van der Waals surface area contributed by atoms with Gasteiger partial charge in [-0.15, -0.1) is 0 Å². The minimum atomic E-state index is -0.186. The Balaban J connectivity index is 1.53. The number of hydrogen-bond acceptors (Lipinski definition) is 5. The smallest absolute Gasteiger partial charge is 0.253 e. The van der Waals surface area contributed by atoms with Gasteiger partial charge in [-0.1, -0.05) is 6.07 Å². The number of H-pyrrole nitrogens is 1. The van der Waals surface area contributed by atoms with Crippen LogP contribution in [-0.4, -0.2) is 32.4 Å². The molecule has 0 saturated heterocycles. The van der Waals surface area contributed by atoms with E-state index in [1.807, 2.05) is 12.1 Å². The lowest BCUT2D eigenvalue weighted by atomic mass is 10.2. The van der Waals surface area contributed by atoms with Gasteiger partial charge in [-0.05, 0) is 36.2 Å². The molecule has 4 heterocycles. The van der Waals surface area contributed by atoms with Crippen LogP contribution in [0.4, 0.5) is 0 Å². The van der Waals surface area contributed by atoms with Gasteiger partial charge in [0, 0.05) is 25.1 Å². The van der Waals surface area contributed by atoms with Crippen LogP contribution < -0.4 is 5.32 Å². The first-order valence-corrected chi connectivity index (χ1v) is 7.87. The van der Waals surface area contributed by atoms with Crippen LogP contribution in [0, 0.1) is 0 Å². The predicted molar refractivity (Wildman–Crippen MR) is 91.9 cm³/mol. The first kappa shape index (κ1) is 15.1. The molecule has 7 nitrogen and oxygen atoms in total. The number of rotatable bonds is 5. The molecule has 2 N–H and O–H groups in total. The van der Waals surface area contributed by atoms with E-state index in [2.05, 4.69) is 25.3 Å². The predicted octanol–water partition coefficient (Wildman–Crippen LogP) is 2.59. The van der Waals surface area contributed by atoms with Gasteiger partial charge in [0.2, 0.25) is 0 Å². The molecule has 0 aromatic carbocycles. The molecule has 7 heteroatoms. The van der Waals surface area contributed by atoms with Gasteiger partial charge in [0.05, 0.1) is 11.8 Å². The molecule has 0 saturated carbocycles. The molecule has 4 aromatic heterocycles. The fourth-order valence-corrected chi connectivity index (χ4v) is 2.59. The summed E-state index contributed by atoms with van der Waals surface area (Å²) in [6.07, 6.45) is 7.39. The fourth-order valence-electron chi connectivity index (χ4n) is 2.59. The minimum absolute atomic E-state index is 0.186. The highest BCUT2D eigenvalue weighted by atomic mass is 16.3. The van der Waals surface area contributed by atoms with Crippen LogP contribution in [0.3, 0.4) is 0 Å². The average molecular weight is 333 g/mol. The summed E-state index contributed by atoms with van der Waals surface area (Å²) in [6.45, 7) is 0.518. The van der Waals surface area contributed by atoms with E-state index in [-0.39, 0.29) is 5.91 Å². The Kier molecular flexibility index (Phi) is 3.96. The van der Waals surface area contributed by atoms with Crippen LogP contribution in [0.1, 0.15) is 15.9 Å². The Bertz CT molecular complexity index is 993. The summed E-state index contributed by atoms with van der Waals surface area (Å²) in [5.41, 5.74) is 2.62. The van der Waals surface area contributed by atoms with Crippen molar-refractivity contribution < 1.29 is 9.21 Å². The second kappa shape index (κ2) is 6.56. The second-order valence-electron chi connectivity index (χ2n) is 5.49. The van der Waals surface area contributed by atoms with Crippen molar-refractivity contribution >= 4 is 17.1 Å². The van der Waals surface area contributed by atoms with Crippen LogP contribution in [0.25, 0.3) is 22.7 Å². The molecule has 124 valence electrons. The monoisotopic (exact) mass is 333 g/mol. The zero-order valence-electron chi connectivity index (χ0n) is 13.3. The van der Waals surface area contributed by atoms with Crippen LogP contribution in [0.15, 0.2) is 59.6 Å². The van der Waals surface area contributed by atoms with Gasteiger partial charge in [-0.3, -0.25) is 9.78 Å². The molecule has 0 bridgehead atoms. The van der Waals surface area contributed by atoms with Crippen LogP contribution in [0.2, 0.25) is 0 Å². The normalized spacial score (nSPS) is 10.9. The van der Waals surface area contributed by atoms with Gasteiger partial charge >= 0.3 is 0 Å². The van der Waals surface area contributed by atoms with Crippen molar-refractivity contribution in [3.8, 4) is 11.6 Å². The van der Waals surface area contributed by atoms with E-state index < -0.39 is 0 Å². The van der Waals surface area contributed by atoms with Gasteiger partial charge in [-0.25, -0.2) is 9.97 Å². The molecule has 0 spiro atoms. The SMILES string of the molecule is O=C(NCCc1cccnc1)c1ccnc2[nH]c(-c3ccco3)nc12. The number of carbonyl (C=O) groups is 1. The molecule has 0 radical (unpaired) electrons. The Morgan fingerprint density at radius 3 is 2.96 bits per heavy atom. The van der Waals surface area contributed by atoms with E-state index >= 15 is 0 Å². The van der Waals surface area contributed by atoms with Crippen molar-refractivity contribution in [1.82, 2.24) is 25.3 Å². The zero-order chi connectivity index (χ0) is 17.1. The van der Waals surface area contributed by atoms with Gasteiger partial charge in [0.1, 0.15) is 5.52 Å². The third kappa shape index (κ3) is 3.12. The molecule has 25 heavy (non-hydrogen) atoms. The van der Waals surface area contributed by atoms with E-state index in [9.17, 15) is 4.79 Å². The van der Waals surface area contributed by atoms with Crippen molar-refractivity contribution in [2.24, 2.45) is 0 Å². The van der Waals surface area contributed by atoms with Gasteiger partial charge in [-0.2, -0.15) is 0 Å². The summed E-state index contributed by atoms with van der Waals surface area (Å²) < 4.78 is 5.34. The lowest BCUT2D eigenvalue weighted by molar-refractivity contribution is 0.0955. The Morgan fingerprint density at radius 1 is 1.20 bits per heavy atom. The van der Waals surface area contributed by atoms with E-state index in [0.717, 1.165) is 5.56 Å². The molecule has 0 aliphatic heterocycles. The van der Waals surface area contributed by atoms with E-state index in [4.69, 9.17) is 4.42 Å². The van der Waals surface area contributed by atoms with Crippen molar-refractivity contribution in [2.45, 2.75) is 6.42 Å². The van der Waals surface area contributed by atoms with Crippen molar-refractivity contribution in [1.29, 1.82) is 0 Å². The Morgan fingerprint density at radius 2 is 2.16 bits per heavy atom. The second-order valence-corrected chi connectivity index (χ2v) is 5.49. The van der Waals surface area contributed by atoms with E-state index in [1.165, 1.54) is 0 Å². The molecule has 0 aliphatic carbocycles. The topological polar surface area (TPSA) is 96.7 Å². The first-order valence-electron chi connectivity index (χ1n) is 7.87. The van der Waals surface area contributed by atoms with Gasteiger partial charge < -0.3 is 14.7 Å². The number of amides is 1. The lowest BCUT2D eigenvalue weighted by Crippen LogP contribution is -2.26. The number of fused-ring (bicyclic) bond motifs is 1. The summed E-state index contributed by atoms with van der Waals surface area (Å²) in [7, 11) is 0. The van der Waals surface area contributed by atoms with Gasteiger partial charge in [0.15, 0.2) is 17.2 Å². The quantitative estimate of drug-likeness (QED) is 0.585. The van der Waals surface area contributed by atoms with Gasteiger partial charge in [0.25, 0.3) is 5.91 Å². The van der Waals surface area contributed by atoms with E-state index in [1.54, 1.807) is 43.1 Å². The molecule has 4 rings (SSSR count). The number of nitrogens with one attached hydrogen (secondary N) is 2. The number of imidazole rings is 1. The maximum Gasteiger partial charge on any atom is 0.253 e. The summed E-state index contributed by atoms with van der Waals surface area (Å²) in [5, 5.41) is 2.91. The molecular formula is C18H15N5O2. The number of aromatic nitrogens is 4. The summed E-state index contributed by atoms with van der Waals surface area (Å²) in [4.78, 5) is 28.3. The largest absolute Gasteiger partial charge is 0.461 e. The molecular weight excluding hydrogens is 318 g/mol. The highest BCUT2D eigenvalue weighted by Gasteiger charge is 2.16. The maximum absolute atomic E-state index is 12.5. The third-order valence-electron chi connectivity index (χ3n) is 3.81. The first-order chi connectivity index (χ1) is 12.3. The third-order valence-corrected chi connectivity index (χ3v) is 3.81. The van der Waals surface area contributed by atoms with Crippen molar-refractivity contribution in [3.05, 3.63) is 66.3 Å². The number of hydrogen-bond donors (Lipinski definition) is 2. The summed E-state index contributed by atoms with van der Waals surface area (Å²) >= 11 is 0. The van der Waals surface area contributed by atoms with Crippen molar-refractivity contribution in [3.63, 3.8) is 0 Å². The summed E-state index contributed by atoms with van der Waals surface area (Å²) in [5.74, 6) is 0.956. The highest BCUT2D eigenvalue weighted by molar-refractivity contribution is 6.04. The number of nitrogens with zero attached hydrogens (tertiary/aromatic N) is 3. The molecule has 0 aliphatic rings. The standard InChI is InChI=1S/C18H15N5O2/c24-18(21-8-5-12-3-1-7-19-11-12)13-6-9-20-17-15(13)22-16(23-17)14-4-2-10-25-14/h1-4,6-7,9-11H,5,8H2,(H,21,24)(H,20,22,23). The Labute approximate surface area is 143 Å². The van der Waals surface area contributed by atoms with Crippen LogP contribution in [-0.2, 0) is 6.42 Å². The number of furan rings is 1. The highest BCUT2D eigenvalue weighted by Crippen LogP contribution is 2.21.